The maximum atomic E-state index is 6.17. The maximum absolute atomic E-state index is 6.17. The molecule has 0 saturated carbocycles. The van der Waals surface area contributed by atoms with Crippen LogP contribution in [0.3, 0.4) is 0 Å². The molecule has 2 heterocycles. The standard InChI is InChI=1S/C14H11Cl2N5S/c1-7-12(10-5-6-18-13(17)20-10)22-14(19-7)21-9-4-2-3-8(15)11(9)16/h2-6H,1H3,(H,19,21)(H2,17,18,20). The molecule has 112 valence electrons. The van der Waals surface area contributed by atoms with Crippen molar-refractivity contribution in [2.45, 2.75) is 6.92 Å². The monoisotopic (exact) mass is 351 g/mol. The van der Waals surface area contributed by atoms with Crippen LogP contribution in [0.15, 0.2) is 30.5 Å². The lowest BCUT2D eigenvalue weighted by Crippen LogP contribution is -1.94. The summed E-state index contributed by atoms with van der Waals surface area (Å²) < 4.78 is 0. The average Bonchev–Trinajstić information content (AvgIpc) is 2.85. The molecular weight excluding hydrogens is 341 g/mol. The van der Waals surface area contributed by atoms with Crippen molar-refractivity contribution in [1.82, 2.24) is 15.0 Å². The molecule has 0 aliphatic carbocycles. The van der Waals surface area contributed by atoms with E-state index in [0.29, 0.717) is 20.9 Å². The number of nitrogens with two attached hydrogens (primary N) is 1. The molecule has 0 unspecified atom stereocenters. The molecule has 0 atom stereocenters. The Hall–Kier alpha value is -1.89. The molecule has 5 nitrogen and oxygen atoms in total. The number of benzene rings is 1. The van der Waals surface area contributed by atoms with Crippen LogP contribution < -0.4 is 11.1 Å². The van der Waals surface area contributed by atoms with Crippen LogP contribution in [0.2, 0.25) is 10.0 Å². The van der Waals surface area contributed by atoms with Gasteiger partial charge in [-0.2, -0.15) is 0 Å². The Labute approximate surface area is 141 Å². The number of nitrogen functional groups attached to an aromatic ring is 1. The third-order valence-electron chi connectivity index (χ3n) is 2.90. The first-order chi connectivity index (χ1) is 10.5. The number of hydrogen-bond donors (Lipinski definition) is 2. The number of thiazole rings is 1. The molecule has 0 amide bonds. The molecule has 3 aromatic rings. The third-order valence-corrected chi connectivity index (χ3v) is 4.81. The highest BCUT2D eigenvalue weighted by Crippen LogP contribution is 2.36. The Morgan fingerprint density at radius 2 is 2.00 bits per heavy atom. The van der Waals surface area contributed by atoms with Crippen molar-refractivity contribution in [3.8, 4) is 10.6 Å². The predicted octanol–water partition coefficient (Wildman–Crippen LogP) is 4.54. The van der Waals surface area contributed by atoms with Gasteiger partial charge in [-0.15, -0.1) is 0 Å². The van der Waals surface area contributed by atoms with Gasteiger partial charge in [0.25, 0.3) is 0 Å². The van der Waals surface area contributed by atoms with Gasteiger partial charge in [0.2, 0.25) is 5.95 Å². The van der Waals surface area contributed by atoms with Gasteiger partial charge in [0.1, 0.15) is 0 Å². The average molecular weight is 352 g/mol. The molecule has 0 aliphatic rings. The first-order valence-electron chi connectivity index (χ1n) is 6.32. The van der Waals surface area contributed by atoms with E-state index in [1.165, 1.54) is 11.3 Å². The van der Waals surface area contributed by atoms with Gasteiger partial charge in [-0.1, -0.05) is 40.6 Å². The van der Waals surface area contributed by atoms with Crippen molar-refractivity contribution in [2.24, 2.45) is 0 Å². The molecule has 22 heavy (non-hydrogen) atoms. The van der Waals surface area contributed by atoms with E-state index in [1.807, 2.05) is 19.1 Å². The summed E-state index contributed by atoms with van der Waals surface area (Å²) in [6.45, 7) is 1.91. The van der Waals surface area contributed by atoms with Gasteiger partial charge in [-0.05, 0) is 25.1 Å². The van der Waals surface area contributed by atoms with E-state index in [4.69, 9.17) is 28.9 Å². The molecule has 0 aliphatic heterocycles. The smallest absolute Gasteiger partial charge is 0.220 e. The molecule has 0 bridgehead atoms. The summed E-state index contributed by atoms with van der Waals surface area (Å²) in [6, 6.07) is 7.20. The van der Waals surface area contributed by atoms with Crippen LogP contribution >= 0.6 is 34.5 Å². The highest BCUT2D eigenvalue weighted by molar-refractivity contribution is 7.19. The van der Waals surface area contributed by atoms with Crippen molar-refractivity contribution in [1.29, 1.82) is 0 Å². The maximum Gasteiger partial charge on any atom is 0.220 e. The van der Waals surface area contributed by atoms with Crippen LogP contribution in [0.25, 0.3) is 10.6 Å². The molecular formula is C14H11Cl2N5S. The fourth-order valence-corrected chi connectivity index (χ4v) is 3.20. The Kier molecular flexibility index (Phi) is 4.15. The van der Waals surface area contributed by atoms with Crippen LogP contribution in [0.5, 0.6) is 0 Å². The summed E-state index contributed by atoms with van der Waals surface area (Å²) in [5, 5.41) is 4.83. The molecule has 8 heteroatoms. The molecule has 3 N–H and O–H groups in total. The number of rotatable bonds is 3. The van der Waals surface area contributed by atoms with Gasteiger partial charge >= 0.3 is 0 Å². The number of halogens is 2. The van der Waals surface area contributed by atoms with Crippen molar-refractivity contribution < 1.29 is 0 Å². The van der Waals surface area contributed by atoms with Crippen LogP contribution in [-0.2, 0) is 0 Å². The van der Waals surface area contributed by atoms with E-state index in [2.05, 4.69) is 20.3 Å². The zero-order chi connectivity index (χ0) is 15.7. The van der Waals surface area contributed by atoms with Gasteiger partial charge in [0, 0.05) is 6.20 Å². The molecule has 2 aromatic heterocycles. The second-order valence-electron chi connectivity index (χ2n) is 4.46. The SMILES string of the molecule is Cc1nc(Nc2cccc(Cl)c2Cl)sc1-c1ccnc(N)n1. The quantitative estimate of drug-likeness (QED) is 0.724. The number of aryl methyl sites for hydroxylation is 1. The van der Waals surface area contributed by atoms with Gasteiger partial charge in [-0.3, -0.25) is 0 Å². The van der Waals surface area contributed by atoms with E-state index >= 15 is 0 Å². The fourth-order valence-electron chi connectivity index (χ4n) is 1.90. The van der Waals surface area contributed by atoms with Gasteiger partial charge < -0.3 is 11.1 Å². The van der Waals surface area contributed by atoms with E-state index < -0.39 is 0 Å². The van der Waals surface area contributed by atoms with Crippen molar-refractivity contribution in [3.05, 3.63) is 46.2 Å². The van der Waals surface area contributed by atoms with E-state index in [0.717, 1.165) is 16.3 Å². The van der Waals surface area contributed by atoms with Gasteiger partial charge in [-0.25, -0.2) is 15.0 Å². The molecule has 0 fully saturated rings. The fraction of sp³-hybridized carbons (Fsp3) is 0.0714. The largest absolute Gasteiger partial charge is 0.368 e. The summed E-state index contributed by atoms with van der Waals surface area (Å²) in [4.78, 5) is 13.5. The summed E-state index contributed by atoms with van der Waals surface area (Å²) in [7, 11) is 0. The third kappa shape index (κ3) is 2.99. The Bertz CT molecular complexity index is 834. The van der Waals surface area contributed by atoms with Gasteiger partial charge in [0.15, 0.2) is 5.13 Å². The highest BCUT2D eigenvalue weighted by atomic mass is 35.5. The topological polar surface area (TPSA) is 76.7 Å². The second kappa shape index (κ2) is 6.08. The van der Waals surface area contributed by atoms with Crippen LogP contribution in [-0.4, -0.2) is 15.0 Å². The minimum absolute atomic E-state index is 0.234. The number of hydrogen-bond acceptors (Lipinski definition) is 6. The van der Waals surface area contributed by atoms with Gasteiger partial charge in [0.05, 0.1) is 32.0 Å². The normalized spacial score (nSPS) is 10.7. The predicted molar refractivity (Wildman–Crippen MR) is 92.0 cm³/mol. The number of nitrogens with one attached hydrogen (secondary N) is 1. The first-order valence-corrected chi connectivity index (χ1v) is 7.89. The van der Waals surface area contributed by atoms with Crippen LogP contribution in [0.1, 0.15) is 5.69 Å². The second-order valence-corrected chi connectivity index (χ2v) is 6.24. The first kappa shape index (κ1) is 15.0. The molecule has 3 rings (SSSR count). The summed E-state index contributed by atoms with van der Waals surface area (Å²) in [6.07, 6.45) is 1.62. The Morgan fingerprint density at radius 1 is 1.18 bits per heavy atom. The zero-order valence-corrected chi connectivity index (χ0v) is 13.8. The lowest BCUT2D eigenvalue weighted by molar-refractivity contribution is 1.18. The van der Waals surface area contributed by atoms with Crippen LogP contribution in [0.4, 0.5) is 16.8 Å². The lowest BCUT2D eigenvalue weighted by Gasteiger charge is -2.05. The number of aromatic nitrogens is 3. The van der Waals surface area contributed by atoms with E-state index in [9.17, 15) is 0 Å². The molecule has 0 saturated heterocycles. The van der Waals surface area contributed by atoms with E-state index in [-0.39, 0.29) is 5.95 Å². The van der Waals surface area contributed by atoms with Crippen molar-refractivity contribution in [2.75, 3.05) is 11.1 Å². The Balaban J connectivity index is 1.94. The molecule has 0 spiro atoms. The molecule has 1 aromatic carbocycles. The van der Waals surface area contributed by atoms with E-state index in [1.54, 1.807) is 18.3 Å². The Morgan fingerprint density at radius 3 is 2.77 bits per heavy atom. The summed E-state index contributed by atoms with van der Waals surface area (Å²) in [5.74, 6) is 0.234. The highest BCUT2D eigenvalue weighted by Gasteiger charge is 2.13. The summed E-state index contributed by atoms with van der Waals surface area (Å²) in [5.41, 5.74) is 7.93. The number of nitrogens with zero attached hydrogens (tertiary/aromatic N) is 3. The lowest BCUT2D eigenvalue weighted by atomic mass is 10.3. The van der Waals surface area contributed by atoms with Crippen molar-refractivity contribution >= 4 is 51.3 Å². The minimum Gasteiger partial charge on any atom is -0.368 e. The number of anilines is 3. The van der Waals surface area contributed by atoms with Crippen LogP contribution in [0, 0.1) is 6.92 Å². The minimum atomic E-state index is 0.234. The molecule has 0 radical (unpaired) electrons. The van der Waals surface area contributed by atoms with Crippen molar-refractivity contribution in [3.63, 3.8) is 0 Å². The zero-order valence-electron chi connectivity index (χ0n) is 11.5. The summed E-state index contributed by atoms with van der Waals surface area (Å²) >= 11 is 13.6.